The summed E-state index contributed by atoms with van der Waals surface area (Å²) < 4.78 is 0.881. The molecule has 1 amide bonds. The molecular formula is C13H17IN2O2. The SMILES string of the molecule is CC1CCN(C(=O)c2ccc(N)c(I)c2)C1CO. The van der Waals surface area contributed by atoms with E-state index in [0.29, 0.717) is 23.7 Å². The van der Waals surface area contributed by atoms with E-state index >= 15 is 0 Å². The summed E-state index contributed by atoms with van der Waals surface area (Å²) in [6.07, 6.45) is 0.947. The number of carbonyl (C=O) groups is 1. The van der Waals surface area contributed by atoms with Gasteiger partial charge in [-0.15, -0.1) is 0 Å². The van der Waals surface area contributed by atoms with E-state index in [1.807, 2.05) is 0 Å². The van der Waals surface area contributed by atoms with Gasteiger partial charge in [-0.25, -0.2) is 0 Å². The van der Waals surface area contributed by atoms with Crippen LogP contribution in [0.1, 0.15) is 23.7 Å². The smallest absolute Gasteiger partial charge is 0.254 e. The van der Waals surface area contributed by atoms with Gasteiger partial charge in [-0.05, 0) is 53.1 Å². The van der Waals surface area contributed by atoms with Crippen LogP contribution in [0.25, 0.3) is 0 Å². The van der Waals surface area contributed by atoms with E-state index in [9.17, 15) is 9.90 Å². The van der Waals surface area contributed by atoms with E-state index in [0.717, 1.165) is 9.99 Å². The lowest BCUT2D eigenvalue weighted by molar-refractivity contribution is 0.0648. The number of benzene rings is 1. The predicted octanol–water partition coefficient (Wildman–Crippen LogP) is 1.72. The van der Waals surface area contributed by atoms with E-state index in [1.165, 1.54) is 0 Å². The molecule has 0 saturated carbocycles. The average Bonchev–Trinajstić information content (AvgIpc) is 2.73. The van der Waals surface area contributed by atoms with Gasteiger partial charge in [0.25, 0.3) is 5.91 Å². The number of carbonyl (C=O) groups excluding carboxylic acids is 1. The van der Waals surface area contributed by atoms with Crippen LogP contribution in [0.2, 0.25) is 0 Å². The molecule has 1 aliphatic rings. The van der Waals surface area contributed by atoms with Crippen molar-refractivity contribution in [2.24, 2.45) is 5.92 Å². The molecule has 1 saturated heterocycles. The molecule has 5 heteroatoms. The molecule has 1 aliphatic heterocycles. The molecule has 1 fully saturated rings. The van der Waals surface area contributed by atoms with Gasteiger partial charge in [0.2, 0.25) is 0 Å². The summed E-state index contributed by atoms with van der Waals surface area (Å²) in [5.74, 6) is 0.336. The third-order valence-corrected chi connectivity index (χ3v) is 4.51. The number of nitrogen functional groups attached to an aromatic ring is 1. The maximum Gasteiger partial charge on any atom is 0.254 e. The highest BCUT2D eigenvalue weighted by atomic mass is 127. The first-order chi connectivity index (χ1) is 8.54. The fraction of sp³-hybridized carbons (Fsp3) is 0.462. The zero-order chi connectivity index (χ0) is 13.3. The summed E-state index contributed by atoms with van der Waals surface area (Å²) >= 11 is 2.12. The highest BCUT2D eigenvalue weighted by molar-refractivity contribution is 14.1. The van der Waals surface area contributed by atoms with Crippen molar-refractivity contribution in [1.29, 1.82) is 0 Å². The third kappa shape index (κ3) is 2.47. The van der Waals surface area contributed by atoms with Crippen molar-refractivity contribution in [3.05, 3.63) is 27.3 Å². The van der Waals surface area contributed by atoms with Crippen LogP contribution >= 0.6 is 22.6 Å². The van der Waals surface area contributed by atoms with Crippen LogP contribution in [-0.4, -0.2) is 35.1 Å². The number of nitrogens with two attached hydrogens (primary N) is 1. The van der Waals surface area contributed by atoms with E-state index in [-0.39, 0.29) is 18.6 Å². The normalized spacial score (nSPS) is 23.4. The first-order valence-electron chi connectivity index (χ1n) is 6.01. The maximum atomic E-state index is 12.4. The van der Waals surface area contributed by atoms with E-state index in [1.54, 1.807) is 23.1 Å². The van der Waals surface area contributed by atoms with E-state index < -0.39 is 0 Å². The van der Waals surface area contributed by atoms with Gasteiger partial charge in [0.15, 0.2) is 0 Å². The molecule has 0 aromatic heterocycles. The summed E-state index contributed by atoms with van der Waals surface area (Å²) in [4.78, 5) is 14.2. The minimum Gasteiger partial charge on any atom is -0.398 e. The number of aliphatic hydroxyl groups is 1. The van der Waals surface area contributed by atoms with E-state index in [2.05, 4.69) is 29.5 Å². The summed E-state index contributed by atoms with van der Waals surface area (Å²) in [7, 11) is 0. The minimum atomic E-state index is -0.0623. The minimum absolute atomic E-state index is 0.0173. The lowest BCUT2D eigenvalue weighted by Crippen LogP contribution is -2.39. The number of nitrogens with zero attached hydrogens (tertiary/aromatic N) is 1. The number of halogens is 1. The van der Waals surface area contributed by atoms with Gasteiger partial charge in [-0.3, -0.25) is 4.79 Å². The van der Waals surface area contributed by atoms with Gasteiger partial charge in [0, 0.05) is 21.4 Å². The molecular weight excluding hydrogens is 343 g/mol. The van der Waals surface area contributed by atoms with Crippen LogP contribution in [0.5, 0.6) is 0 Å². The zero-order valence-electron chi connectivity index (χ0n) is 10.3. The molecule has 1 heterocycles. The van der Waals surface area contributed by atoms with Crippen molar-refractivity contribution in [2.75, 3.05) is 18.9 Å². The molecule has 98 valence electrons. The Balaban J connectivity index is 2.23. The van der Waals surface area contributed by atoms with Crippen LogP contribution in [0, 0.1) is 9.49 Å². The lowest BCUT2D eigenvalue weighted by Gasteiger charge is -2.25. The second kappa shape index (κ2) is 5.44. The third-order valence-electron chi connectivity index (χ3n) is 3.58. The van der Waals surface area contributed by atoms with Crippen molar-refractivity contribution in [2.45, 2.75) is 19.4 Å². The Kier molecular flexibility index (Phi) is 4.11. The van der Waals surface area contributed by atoms with Crippen LogP contribution in [0.15, 0.2) is 18.2 Å². The van der Waals surface area contributed by atoms with Crippen molar-refractivity contribution < 1.29 is 9.90 Å². The quantitative estimate of drug-likeness (QED) is 0.624. The van der Waals surface area contributed by atoms with Crippen LogP contribution in [-0.2, 0) is 0 Å². The Morgan fingerprint density at radius 3 is 2.94 bits per heavy atom. The summed E-state index contributed by atoms with van der Waals surface area (Å²) in [6.45, 7) is 2.81. The van der Waals surface area contributed by atoms with Crippen LogP contribution in [0.3, 0.4) is 0 Å². The molecule has 18 heavy (non-hydrogen) atoms. The second-order valence-electron chi connectivity index (χ2n) is 4.75. The van der Waals surface area contributed by atoms with Gasteiger partial charge in [-0.1, -0.05) is 6.92 Å². The Morgan fingerprint density at radius 1 is 1.61 bits per heavy atom. The summed E-state index contributed by atoms with van der Waals surface area (Å²) in [6, 6.07) is 5.24. The molecule has 1 aromatic carbocycles. The first kappa shape index (κ1) is 13.6. The average molecular weight is 360 g/mol. The van der Waals surface area contributed by atoms with Gasteiger partial charge in [0.1, 0.15) is 0 Å². The molecule has 4 nitrogen and oxygen atoms in total. The van der Waals surface area contributed by atoms with Crippen molar-refractivity contribution in [3.8, 4) is 0 Å². The van der Waals surface area contributed by atoms with Gasteiger partial charge < -0.3 is 15.7 Å². The Hall–Kier alpha value is -0.820. The number of hydrogen-bond donors (Lipinski definition) is 2. The summed E-state index contributed by atoms with van der Waals surface area (Å²) in [5.41, 5.74) is 7.07. The van der Waals surface area contributed by atoms with Gasteiger partial charge >= 0.3 is 0 Å². The zero-order valence-corrected chi connectivity index (χ0v) is 12.4. The number of amides is 1. The van der Waals surface area contributed by atoms with Crippen molar-refractivity contribution in [1.82, 2.24) is 4.90 Å². The van der Waals surface area contributed by atoms with Crippen molar-refractivity contribution in [3.63, 3.8) is 0 Å². The fourth-order valence-electron chi connectivity index (χ4n) is 2.36. The fourth-order valence-corrected chi connectivity index (χ4v) is 2.88. The highest BCUT2D eigenvalue weighted by Crippen LogP contribution is 2.26. The van der Waals surface area contributed by atoms with Gasteiger partial charge in [-0.2, -0.15) is 0 Å². The molecule has 2 rings (SSSR count). The Morgan fingerprint density at radius 2 is 2.33 bits per heavy atom. The molecule has 0 aliphatic carbocycles. The van der Waals surface area contributed by atoms with Gasteiger partial charge in [0.05, 0.1) is 12.6 Å². The number of likely N-dealkylation sites (tertiary alicyclic amines) is 1. The number of aliphatic hydroxyl groups excluding tert-OH is 1. The molecule has 0 spiro atoms. The molecule has 1 aromatic rings. The predicted molar refractivity (Wildman–Crippen MR) is 79.3 cm³/mol. The van der Waals surface area contributed by atoms with Crippen LogP contribution in [0.4, 0.5) is 5.69 Å². The molecule has 0 bridgehead atoms. The maximum absolute atomic E-state index is 12.4. The Labute approximate surface area is 120 Å². The monoisotopic (exact) mass is 360 g/mol. The second-order valence-corrected chi connectivity index (χ2v) is 5.91. The molecule has 0 radical (unpaired) electrons. The highest BCUT2D eigenvalue weighted by Gasteiger charge is 2.34. The number of anilines is 1. The lowest BCUT2D eigenvalue weighted by atomic mass is 10.0. The molecule has 3 N–H and O–H groups in total. The topological polar surface area (TPSA) is 66.6 Å². The summed E-state index contributed by atoms with van der Waals surface area (Å²) in [5, 5.41) is 9.39. The van der Waals surface area contributed by atoms with Crippen LogP contribution < -0.4 is 5.73 Å². The standard InChI is InChI=1S/C13H17IN2O2/c1-8-4-5-16(12(8)7-17)13(18)9-2-3-11(15)10(14)6-9/h2-3,6,8,12,17H,4-5,7,15H2,1H3. The number of rotatable bonds is 2. The van der Waals surface area contributed by atoms with E-state index in [4.69, 9.17) is 5.73 Å². The molecule has 2 unspecified atom stereocenters. The van der Waals surface area contributed by atoms with Crippen molar-refractivity contribution >= 4 is 34.2 Å². The largest absolute Gasteiger partial charge is 0.398 e. The molecule has 2 atom stereocenters. The Bertz CT molecular complexity index is 464. The number of hydrogen-bond acceptors (Lipinski definition) is 3. The first-order valence-corrected chi connectivity index (χ1v) is 7.09.